The fourth-order valence-corrected chi connectivity index (χ4v) is 7.27. The summed E-state index contributed by atoms with van der Waals surface area (Å²) >= 11 is 0. The summed E-state index contributed by atoms with van der Waals surface area (Å²) in [5.74, 6) is 1.10. The third-order valence-electron chi connectivity index (χ3n) is 9.00. The van der Waals surface area contributed by atoms with Crippen LogP contribution in [0.1, 0.15) is 13.9 Å². The van der Waals surface area contributed by atoms with E-state index >= 15 is 0 Å². The summed E-state index contributed by atoms with van der Waals surface area (Å²) < 4.78 is 14.3. The molecule has 7 rings (SSSR count). The number of pyridine rings is 2. The summed E-state index contributed by atoms with van der Waals surface area (Å²) in [6, 6.07) is 14.1. The lowest BCUT2D eigenvalue weighted by Gasteiger charge is -2.59. The summed E-state index contributed by atoms with van der Waals surface area (Å²) in [7, 11) is 2.20. The molecule has 4 aliphatic rings. The average Bonchev–Trinajstić information content (AvgIpc) is 2.94. The van der Waals surface area contributed by atoms with Gasteiger partial charge in [-0.3, -0.25) is 9.88 Å². The molecule has 0 bridgehead atoms. The van der Waals surface area contributed by atoms with E-state index in [0.717, 1.165) is 75.8 Å². The van der Waals surface area contributed by atoms with Gasteiger partial charge in [0.1, 0.15) is 11.9 Å². The molecule has 4 fully saturated rings. The van der Waals surface area contributed by atoms with Crippen LogP contribution in [-0.2, 0) is 4.74 Å². The second kappa shape index (κ2) is 10.2. The Morgan fingerprint density at radius 2 is 1.82 bits per heavy atom. The third kappa shape index (κ3) is 4.74. The Hall–Kier alpha value is -3.45. The quantitative estimate of drug-likeness (QED) is 0.487. The number of hydrogen-bond acceptors (Lipinski definition) is 9. The number of morpholine rings is 1. The number of aromatic nitrogens is 2. The van der Waals surface area contributed by atoms with E-state index in [2.05, 4.69) is 61.7 Å². The Labute approximate surface area is 238 Å². The van der Waals surface area contributed by atoms with Crippen molar-refractivity contribution >= 4 is 28.1 Å². The van der Waals surface area contributed by atoms with Crippen LogP contribution in [0.2, 0.25) is 0 Å². The number of rotatable bonds is 5. The van der Waals surface area contributed by atoms with Crippen LogP contribution in [0.3, 0.4) is 0 Å². The highest BCUT2D eigenvalue weighted by Gasteiger charge is 2.50. The van der Waals surface area contributed by atoms with Gasteiger partial charge < -0.3 is 24.3 Å². The van der Waals surface area contributed by atoms with Gasteiger partial charge in [0.05, 0.1) is 36.5 Å². The summed E-state index contributed by atoms with van der Waals surface area (Å²) in [4.78, 5) is 21.3. The summed E-state index contributed by atoms with van der Waals surface area (Å²) in [5, 5.41) is 10.5. The molecular formula is C31H38N8O. The zero-order valence-corrected chi connectivity index (χ0v) is 23.5. The van der Waals surface area contributed by atoms with Crippen LogP contribution in [0.25, 0.3) is 10.9 Å². The van der Waals surface area contributed by atoms with Gasteiger partial charge in [-0.25, -0.2) is 4.98 Å². The normalized spacial score (nSPS) is 25.4. The largest absolute Gasteiger partial charge is 0.370 e. The first-order valence-electron chi connectivity index (χ1n) is 15.0. The third-order valence-corrected chi connectivity index (χ3v) is 9.00. The highest BCUT2D eigenvalue weighted by atomic mass is 16.5. The predicted molar refractivity (Wildman–Crippen MR) is 158 cm³/mol. The average molecular weight is 540 g/mol. The van der Waals surface area contributed by atoms with E-state index in [0.29, 0.717) is 16.5 Å². The standard InChI is InChI=1S/C31H38N8O/c1-23-16-38(28-7-5-24(14-32)30-27(28)4-3-9-33-30)18-26(40-23)17-36-10-12-37(13-11-36)25-6-8-29(34-15-25)39-21-31(22-39)19-35(2)20-31/h3-9,15,23,26H,10-13,16-22H2,1-2H3/t23-,26+/m1/s1/i9D. The number of anilines is 3. The number of fused-ring (bicyclic) bond motifs is 1. The Bertz CT molecular complexity index is 1450. The molecule has 6 heterocycles. The van der Waals surface area contributed by atoms with Crippen LogP contribution in [0, 0.1) is 16.7 Å². The topological polar surface area (TPSA) is 75.0 Å². The molecule has 2 aromatic heterocycles. The van der Waals surface area contributed by atoms with Crippen LogP contribution < -0.4 is 14.7 Å². The Balaban J connectivity index is 0.951. The number of likely N-dealkylation sites (tertiary alicyclic amines) is 1. The van der Waals surface area contributed by atoms with Crippen LogP contribution in [0.5, 0.6) is 0 Å². The van der Waals surface area contributed by atoms with Gasteiger partial charge in [-0.1, -0.05) is 0 Å². The maximum absolute atomic E-state index is 9.57. The number of piperazine rings is 1. The van der Waals surface area contributed by atoms with Crippen LogP contribution in [0.4, 0.5) is 17.2 Å². The molecule has 9 nitrogen and oxygen atoms in total. The van der Waals surface area contributed by atoms with E-state index in [1.807, 2.05) is 24.4 Å². The minimum atomic E-state index is 0.0932. The van der Waals surface area contributed by atoms with Crippen molar-refractivity contribution in [3.8, 4) is 6.07 Å². The molecular weight excluding hydrogens is 500 g/mol. The monoisotopic (exact) mass is 539 g/mol. The number of nitriles is 1. The van der Waals surface area contributed by atoms with Gasteiger partial charge in [0.25, 0.3) is 0 Å². The highest BCUT2D eigenvalue weighted by molar-refractivity contribution is 5.95. The molecule has 4 aliphatic heterocycles. The maximum Gasteiger partial charge on any atom is 0.128 e. The summed E-state index contributed by atoms with van der Waals surface area (Å²) in [6.45, 7) is 13.2. The summed E-state index contributed by atoms with van der Waals surface area (Å²) in [5.41, 5.74) is 3.89. The van der Waals surface area contributed by atoms with Crippen molar-refractivity contribution in [2.24, 2.45) is 5.41 Å². The molecule has 0 saturated carbocycles. The van der Waals surface area contributed by atoms with Gasteiger partial charge in [0.2, 0.25) is 0 Å². The van der Waals surface area contributed by atoms with Crippen molar-refractivity contribution in [2.45, 2.75) is 19.1 Å². The van der Waals surface area contributed by atoms with Crippen molar-refractivity contribution in [3.63, 3.8) is 0 Å². The molecule has 40 heavy (non-hydrogen) atoms. The van der Waals surface area contributed by atoms with Gasteiger partial charge in [0, 0.05) is 94.7 Å². The predicted octanol–water partition coefficient (Wildman–Crippen LogP) is 2.67. The molecule has 208 valence electrons. The Kier molecular flexibility index (Phi) is 6.20. The van der Waals surface area contributed by atoms with E-state index in [1.165, 1.54) is 18.8 Å². The number of ether oxygens (including phenoxy) is 1. The molecule has 2 atom stereocenters. The molecule has 0 radical (unpaired) electrons. The Morgan fingerprint density at radius 1 is 1.00 bits per heavy atom. The first kappa shape index (κ1) is 24.4. The lowest BCUT2D eigenvalue weighted by molar-refractivity contribution is -0.0327. The molecule has 3 aromatic rings. The molecule has 0 amide bonds. The lowest BCUT2D eigenvalue weighted by atomic mass is 9.73. The van der Waals surface area contributed by atoms with Crippen molar-refractivity contribution in [2.75, 3.05) is 93.7 Å². The molecule has 1 spiro atoms. The van der Waals surface area contributed by atoms with Crippen LogP contribution >= 0.6 is 0 Å². The molecule has 0 unspecified atom stereocenters. The zero-order chi connectivity index (χ0) is 28.1. The van der Waals surface area contributed by atoms with Gasteiger partial charge in [0.15, 0.2) is 0 Å². The zero-order valence-electron chi connectivity index (χ0n) is 24.5. The van der Waals surface area contributed by atoms with Crippen molar-refractivity contribution in [3.05, 3.63) is 54.3 Å². The minimum Gasteiger partial charge on any atom is -0.370 e. The van der Waals surface area contributed by atoms with E-state index in [1.54, 1.807) is 6.07 Å². The van der Waals surface area contributed by atoms with E-state index in [4.69, 9.17) is 11.1 Å². The molecule has 4 saturated heterocycles. The van der Waals surface area contributed by atoms with Crippen LogP contribution in [-0.4, -0.2) is 111 Å². The molecule has 9 heteroatoms. The van der Waals surface area contributed by atoms with Crippen molar-refractivity contribution in [1.82, 2.24) is 19.8 Å². The second-order valence-electron chi connectivity index (χ2n) is 12.2. The SMILES string of the molecule is [2H]c1ccc2c(N3C[C@H](CN4CCN(c5ccc(N6CC7(CN(C)C7)C6)nc5)CC4)O[C@H](C)C3)ccc(C#N)c2n1. The van der Waals surface area contributed by atoms with E-state index < -0.39 is 0 Å². The molecule has 1 aromatic carbocycles. The first-order chi connectivity index (χ1) is 19.9. The fourth-order valence-electron chi connectivity index (χ4n) is 7.27. The van der Waals surface area contributed by atoms with Crippen molar-refractivity contribution < 1.29 is 6.11 Å². The smallest absolute Gasteiger partial charge is 0.128 e. The van der Waals surface area contributed by atoms with Gasteiger partial charge in [-0.05, 0) is 50.4 Å². The highest BCUT2D eigenvalue weighted by Crippen LogP contribution is 2.40. The van der Waals surface area contributed by atoms with Gasteiger partial charge in [-0.2, -0.15) is 5.26 Å². The maximum atomic E-state index is 9.57. The number of hydrogen-bond donors (Lipinski definition) is 0. The van der Waals surface area contributed by atoms with Crippen molar-refractivity contribution in [1.29, 1.82) is 5.26 Å². The first-order valence-corrected chi connectivity index (χ1v) is 14.5. The number of benzene rings is 1. The Morgan fingerprint density at radius 3 is 2.55 bits per heavy atom. The summed E-state index contributed by atoms with van der Waals surface area (Å²) in [6.07, 6.45) is 2.42. The lowest BCUT2D eigenvalue weighted by Crippen LogP contribution is -2.71. The number of nitrogens with zero attached hydrogens (tertiary/aromatic N) is 8. The minimum absolute atomic E-state index is 0.0932. The van der Waals surface area contributed by atoms with Crippen LogP contribution in [0.15, 0.2) is 48.8 Å². The second-order valence-corrected chi connectivity index (χ2v) is 12.2. The molecule has 0 N–H and O–H groups in total. The van der Waals surface area contributed by atoms with E-state index in [9.17, 15) is 5.26 Å². The molecule has 0 aliphatic carbocycles. The van der Waals surface area contributed by atoms with Gasteiger partial charge in [-0.15, -0.1) is 0 Å². The van der Waals surface area contributed by atoms with E-state index in [-0.39, 0.29) is 18.4 Å². The fraction of sp³-hybridized carbons (Fsp3) is 0.516. The van der Waals surface area contributed by atoms with Gasteiger partial charge >= 0.3 is 0 Å².